The number of aromatic hydroxyl groups is 1. The van der Waals surface area contributed by atoms with E-state index in [1.807, 2.05) is 42.5 Å². The van der Waals surface area contributed by atoms with Crippen LogP contribution in [-0.2, 0) is 20.7 Å². The maximum Gasteiger partial charge on any atom is 0.329 e. The first-order valence-corrected chi connectivity index (χ1v) is 18.3. The van der Waals surface area contributed by atoms with E-state index < -0.39 is 24.0 Å². The first-order valence-electron chi connectivity index (χ1n) is 18.3. The van der Waals surface area contributed by atoms with Gasteiger partial charge in [0, 0.05) is 6.54 Å². The molecule has 3 aromatic carbocycles. The highest BCUT2D eigenvalue weighted by molar-refractivity contribution is 5.89. The van der Waals surface area contributed by atoms with E-state index in [0.29, 0.717) is 55.2 Å². The lowest BCUT2D eigenvalue weighted by Crippen LogP contribution is -2.51. The zero-order chi connectivity index (χ0) is 37.0. The molecule has 1 saturated heterocycles. The molecule has 1 heterocycles. The monoisotopic (exact) mass is 715 g/mol. The van der Waals surface area contributed by atoms with Crippen LogP contribution in [-0.4, -0.2) is 69.5 Å². The van der Waals surface area contributed by atoms with Crippen LogP contribution in [0.5, 0.6) is 34.5 Å². The Morgan fingerprint density at radius 1 is 0.827 bits per heavy atom. The molecule has 52 heavy (non-hydrogen) atoms. The number of carbonyl (C=O) groups excluding carboxylic acids is 2. The Labute approximate surface area is 307 Å². The Hall–Kier alpha value is -4.86. The lowest BCUT2D eigenvalue weighted by molar-refractivity contribution is -0.163. The van der Waals surface area contributed by atoms with Crippen LogP contribution in [0.15, 0.2) is 67.3 Å². The van der Waals surface area contributed by atoms with E-state index in [1.54, 1.807) is 37.3 Å². The summed E-state index contributed by atoms with van der Waals surface area (Å²) < 4.78 is 34.2. The molecule has 10 heteroatoms. The Morgan fingerprint density at radius 2 is 1.52 bits per heavy atom. The maximum absolute atomic E-state index is 14.8. The van der Waals surface area contributed by atoms with Crippen LogP contribution < -0.4 is 23.7 Å². The van der Waals surface area contributed by atoms with Crippen molar-refractivity contribution >= 4 is 11.9 Å². The van der Waals surface area contributed by atoms with Gasteiger partial charge in [-0.3, -0.25) is 4.79 Å². The summed E-state index contributed by atoms with van der Waals surface area (Å²) in [5.74, 6) is 1.30. The topological polar surface area (TPSA) is 113 Å². The van der Waals surface area contributed by atoms with Crippen LogP contribution >= 0.6 is 0 Å². The number of amides is 1. The van der Waals surface area contributed by atoms with E-state index in [2.05, 4.69) is 6.58 Å². The Bertz CT molecular complexity index is 1640. The average molecular weight is 716 g/mol. The lowest BCUT2D eigenvalue weighted by atomic mass is 9.75. The summed E-state index contributed by atoms with van der Waals surface area (Å²) in [5, 5.41) is 10.7. The van der Waals surface area contributed by atoms with Crippen LogP contribution in [0.1, 0.15) is 86.5 Å². The van der Waals surface area contributed by atoms with E-state index in [0.717, 1.165) is 56.1 Å². The minimum atomic E-state index is -0.739. The summed E-state index contributed by atoms with van der Waals surface area (Å²) >= 11 is 0. The van der Waals surface area contributed by atoms with Crippen LogP contribution in [0.3, 0.4) is 0 Å². The van der Waals surface area contributed by atoms with Crippen molar-refractivity contribution in [2.75, 3.05) is 41.6 Å². The first kappa shape index (κ1) is 38.4. The molecule has 0 aromatic heterocycles. The fraction of sp³-hybridized carbons (Fsp3) is 0.476. The van der Waals surface area contributed by atoms with E-state index in [-0.39, 0.29) is 29.1 Å². The Morgan fingerprint density at radius 3 is 2.19 bits per heavy atom. The minimum Gasteiger partial charge on any atom is -0.502 e. The van der Waals surface area contributed by atoms with Crippen LogP contribution in [0.4, 0.5) is 0 Å². The Kier molecular flexibility index (Phi) is 13.7. The number of esters is 1. The summed E-state index contributed by atoms with van der Waals surface area (Å²) in [5.41, 5.74) is 2.51. The number of nitrogens with zero attached hydrogens (tertiary/aromatic N) is 1. The van der Waals surface area contributed by atoms with Crippen molar-refractivity contribution in [3.05, 3.63) is 83.9 Å². The Balaban J connectivity index is 1.44. The summed E-state index contributed by atoms with van der Waals surface area (Å²) in [6, 6.07) is 16.1. The van der Waals surface area contributed by atoms with Crippen molar-refractivity contribution in [1.82, 2.24) is 4.90 Å². The van der Waals surface area contributed by atoms with E-state index in [4.69, 9.17) is 28.4 Å². The summed E-state index contributed by atoms with van der Waals surface area (Å²) in [7, 11) is 6.17. The molecule has 3 aromatic rings. The lowest BCUT2D eigenvalue weighted by Gasteiger charge is -2.39. The maximum atomic E-state index is 14.8. The number of hydrogen-bond donors (Lipinski definition) is 1. The predicted octanol–water partition coefficient (Wildman–Crippen LogP) is 7.95. The molecule has 1 aliphatic heterocycles. The predicted molar refractivity (Wildman–Crippen MR) is 199 cm³/mol. The summed E-state index contributed by atoms with van der Waals surface area (Å²) in [6.45, 7) is 4.55. The van der Waals surface area contributed by atoms with Gasteiger partial charge in [0.25, 0.3) is 0 Å². The van der Waals surface area contributed by atoms with Gasteiger partial charge in [-0.15, -0.1) is 0 Å². The van der Waals surface area contributed by atoms with Gasteiger partial charge >= 0.3 is 5.97 Å². The average Bonchev–Trinajstić information content (AvgIpc) is 3.19. The quantitative estimate of drug-likeness (QED) is 0.117. The van der Waals surface area contributed by atoms with Gasteiger partial charge in [-0.05, 0) is 104 Å². The molecule has 0 spiro atoms. The van der Waals surface area contributed by atoms with Gasteiger partial charge in [0.2, 0.25) is 11.7 Å². The van der Waals surface area contributed by atoms with Gasteiger partial charge in [-0.2, -0.15) is 0 Å². The molecule has 1 N–H and O–H groups in total. The van der Waals surface area contributed by atoms with Gasteiger partial charge in [-0.1, -0.05) is 50.1 Å². The zero-order valence-electron chi connectivity index (χ0n) is 30.9. The second-order valence-electron chi connectivity index (χ2n) is 13.5. The zero-order valence-corrected chi connectivity index (χ0v) is 30.9. The number of hydrogen-bond acceptors (Lipinski definition) is 9. The molecule has 1 aliphatic carbocycles. The van der Waals surface area contributed by atoms with Gasteiger partial charge in [0.05, 0.1) is 34.4 Å². The van der Waals surface area contributed by atoms with E-state index in [9.17, 15) is 14.7 Å². The largest absolute Gasteiger partial charge is 0.502 e. The van der Waals surface area contributed by atoms with Gasteiger partial charge in [-0.25, -0.2) is 4.79 Å². The molecule has 2 fully saturated rings. The van der Waals surface area contributed by atoms with Crippen molar-refractivity contribution in [2.24, 2.45) is 5.92 Å². The van der Waals surface area contributed by atoms with Crippen molar-refractivity contribution in [1.29, 1.82) is 0 Å². The second-order valence-corrected chi connectivity index (χ2v) is 13.5. The van der Waals surface area contributed by atoms with E-state index >= 15 is 0 Å². The number of piperidine rings is 1. The van der Waals surface area contributed by atoms with Crippen LogP contribution in [0, 0.1) is 5.92 Å². The van der Waals surface area contributed by atoms with Crippen molar-refractivity contribution in [2.45, 2.75) is 82.3 Å². The molecule has 10 nitrogen and oxygen atoms in total. The normalized spacial score (nSPS) is 17.4. The summed E-state index contributed by atoms with van der Waals surface area (Å²) in [4.78, 5) is 31.0. The molecule has 1 saturated carbocycles. The van der Waals surface area contributed by atoms with Crippen molar-refractivity contribution < 1.29 is 43.1 Å². The third-order valence-electron chi connectivity index (χ3n) is 10.3. The number of likely N-dealkylation sites (tertiary alicyclic amines) is 1. The first-order chi connectivity index (χ1) is 25.3. The molecule has 1 amide bonds. The number of methoxy groups -OCH3 is 4. The van der Waals surface area contributed by atoms with Crippen LogP contribution in [0.25, 0.3) is 0 Å². The molecule has 2 unspecified atom stereocenters. The second kappa shape index (κ2) is 18.6. The van der Waals surface area contributed by atoms with Crippen molar-refractivity contribution in [3.63, 3.8) is 0 Å². The molecule has 0 radical (unpaired) electrons. The fourth-order valence-corrected chi connectivity index (χ4v) is 7.60. The molecule has 280 valence electrons. The van der Waals surface area contributed by atoms with E-state index in [1.165, 1.54) is 14.2 Å². The van der Waals surface area contributed by atoms with Gasteiger partial charge in [0.1, 0.15) is 24.5 Å². The number of phenols is 1. The molecular formula is C42H53NO9. The summed E-state index contributed by atoms with van der Waals surface area (Å²) in [6.07, 6.45) is 9.25. The van der Waals surface area contributed by atoms with Gasteiger partial charge < -0.3 is 38.4 Å². The highest BCUT2D eigenvalue weighted by Crippen LogP contribution is 2.45. The number of rotatable bonds is 16. The number of aryl methyl sites for hydroxylation is 1. The molecular weight excluding hydrogens is 662 g/mol. The number of phenolic OH excluding ortho intramolecular Hbond substituents is 1. The highest BCUT2D eigenvalue weighted by Gasteiger charge is 2.41. The number of benzene rings is 3. The van der Waals surface area contributed by atoms with Crippen molar-refractivity contribution in [3.8, 4) is 34.5 Å². The fourth-order valence-electron chi connectivity index (χ4n) is 7.60. The standard InChI is InChI=1S/C42H53NO9/c1-6-23-51-32-16-12-15-30(25-32)34(20-18-28-19-21-35(47-2)36(24-28)48-3)52-42(46)33-17-10-11-22-43(33)41(45)39(29-13-8-7-9-14-29)31-26-37(49-4)40(44)38(27-31)50-5/h6,12,15-16,19,21,24-27,29,33-34,39,44H,1,7-11,13-14,17-18,20,22-23H2,2-5H3/t33?,34?,39-/m0/s1. The van der Waals surface area contributed by atoms with Gasteiger partial charge in [0.15, 0.2) is 23.0 Å². The molecule has 2 aliphatic rings. The molecule has 5 rings (SSSR count). The third-order valence-corrected chi connectivity index (χ3v) is 10.3. The molecule has 3 atom stereocenters. The highest BCUT2D eigenvalue weighted by atomic mass is 16.5. The van der Waals surface area contributed by atoms with Crippen LogP contribution in [0.2, 0.25) is 0 Å². The third kappa shape index (κ3) is 9.13. The minimum absolute atomic E-state index is 0.0753. The SMILES string of the molecule is C=CCOc1cccc(C(CCc2ccc(OC)c(OC)c2)OC(=O)C2CCCCN2C(=O)[C@H](c2cc(OC)c(O)c(OC)c2)C2CCCCC2)c1. The number of ether oxygens (including phenoxy) is 6. The number of carbonyl (C=O) groups is 2. The molecule has 0 bridgehead atoms. The smallest absolute Gasteiger partial charge is 0.329 e.